The maximum Gasteiger partial charge on any atom is 0.224 e. The van der Waals surface area contributed by atoms with Gasteiger partial charge in [0.25, 0.3) is 0 Å². The fraction of sp³-hybridized carbons (Fsp3) is 0.545. The van der Waals surface area contributed by atoms with E-state index in [0.717, 1.165) is 39.1 Å². The van der Waals surface area contributed by atoms with Gasteiger partial charge in [0.05, 0.1) is 0 Å². The van der Waals surface area contributed by atoms with Crippen molar-refractivity contribution in [3.8, 4) is 0 Å². The van der Waals surface area contributed by atoms with Crippen LogP contribution in [0.1, 0.15) is 39.2 Å². The van der Waals surface area contributed by atoms with Gasteiger partial charge in [-0.2, -0.15) is 0 Å². The Hall–Kier alpha value is -2.14. The van der Waals surface area contributed by atoms with Crippen LogP contribution in [-0.4, -0.2) is 71.8 Å². The van der Waals surface area contributed by atoms with Crippen LogP contribution in [0.25, 0.3) is 6.08 Å². The number of hydrogen-bond donors (Lipinski definition) is 0. The van der Waals surface area contributed by atoms with Crippen molar-refractivity contribution < 1.29 is 9.59 Å². The zero-order chi connectivity index (χ0) is 19.6. The van der Waals surface area contributed by atoms with Gasteiger partial charge in [-0.3, -0.25) is 14.5 Å². The van der Waals surface area contributed by atoms with E-state index < -0.39 is 0 Å². The number of hydrogen-bond acceptors (Lipinski definition) is 3. The van der Waals surface area contributed by atoms with Crippen molar-refractivity contribution in [1.82, 2.24) is 14.7 Å². The predicted molar refractivity (Wildman–Crippen MR) is 110 cm³/mol. The minimum absolute atomic E-state index is 0.0483. The monoisotopic (exact) mass is 371 g/mol. The minimum atomic E-state index is 0.0483. The molecule has 1 fully saturated rings. The van der Waals surface area contributed by atoms with E-state index in [1.54, 1.807) is 6.92 Å². The second-order valence-electron chi connectivity index (χ2n) is 7.21. The Bertz CT molecular complexity index is 622. The summed E-state index contributed by atoms with van der Waals surface area (Å²) in [6.45, 7) is 10.4. The van der Waals surface area contributed by atoms with Gasteiger partial charge in [-0.05, 0) is 18.9 Å². The lowest BCUT2D eigenvalue weighted by Crippen LogP contribution is -2.49. The molecule has 0 bridgehead atoms. The lowest BCUT2D eigenvalue weighted by molar-refractivity contribution is -0.135. The third-order valence-electron chi connectivity index (χ3n) is 5.29. The summed E-state index contributed by atoms with van der Waals surface area (Å²) in [7, 11) is 0. The van der Waals surface area contributed by atoms with Gasteiger partial charge in [0.1, 0.15) is 0 Å². The van der Waals surface area contributed by atoms with Gasteiger partial charge in [0.2, 0.25) is 11.8 Å². The Balaban J connectivity index is 1.72. The van der Waals surface area contributed by atoms with Crippen LogP contribution in [0.5, 0.6) is 0 Å². The van der Waals surface area contributed by atoms with E-state index in [1.807, 2.05) is 34.9 Å². The Morgan fingerprint density at radius 1 is 1.15 bits per heavy atom. The highest BCUT2D eigenvalue weighted by molar-refractivity contribution is 5.78. The summed E-state index contributed by atoms with van der Waals surface area (Å²) in [6, 6.07) is 10.5. The molecule has 5 nitrogen and oxygen atoms in total. The average molecular weight is 372 g/mol. The molecule has 2 amide bonds. The number of carbonyl (C=O) groups is 2. The van der Waals surface area contributed by atoms with Gasteiger partial charge in [-0.25, -0.2) is 0 Å². The largest absolute Gasteiger partial charge is 0.340 e. The molecule has 1 unspecified atom stereocenters. The van der Waals surface area contributed by atoms with Crippen LogP contribution in [0.2, 0.25) is 0 Å². The molecule has 0 aromatic heterocycles. The molecule has 1 aliphatic rings. The summed E-state index contributed by atoms with van der Waals surface area (Å²) in [5.74, 6) is 0.205. The van der Waals surface area contributed by atoms with Crippen LogP contribution in [0.3, 0.4) is 0 Å². The Morgan fingerprint density at radius 3 is 2.41 bits per heavy atom. The molecule has 0 N–H and O–H groups in total. The van der Waals surface area contributed by atoms with Gasteiger partial charge in [-0.15, -0.1) is 0 Å². The standard InChI is InChI=1S/C22H33N3O2/c1-4-19(2)25(20(3)26)14-12-22(27)24-17-15-23(16-18-24)13-8-11-21-9-6-5-7-10-21/h5-11,19H,4,12-18H2,1-3H3/b11-8+. The van der Waals surface area contributed by atoms with Gasteiger partial charge in [0, 0.05) is 58.7 Å². The highest BCUT2D eigenvalue weighted by Gasteiger charge is 2.22. The van der Waals surface area contributed by atoms with Crippen LogP contribution < -0.4 is 0 Å². The Kier molecular flexibility index (Phi) is 8.52. The minimum Gasteiger partial charge on any atom is -0.340 e. The molecular formula is C22H33N3O2. The van der Waals surface area contributed by atoms with E-state index in [-0.39, 0.29) is 17.9 Å². The summed E-state index contributed by atoms with van der Waals surface area (Å²) >= 11 is 0. The van der Waals surface area contributed by atoms with E-state index in [4.69, 9.17) is 0 Å². The molecule has 0 aliphatic carbocycles. The third-order valence-corrected chi connectivity index (χ3v) is 5.29. The first-order chi connectivity index (χ1) is 13.0. The van der Waals surface area contributed by atoms with Crippen molar-refractivity contribution in [3.05, 3.63) is 42.0 Å². The maximum atomic E-state index is 12.5. The first-order valence-corrected chi connectivity index (χ1v) is 10.00. The molecule has 1 aliphatic heterocycles. The molecule has 1 saturated heterocycles. The number of benzene rings is 1. The molecule has 1 aromatic carbocycles. The number of amides is 2. The lowest BCUT2D eigenvalue weighted by atomic mass is 10.2. The molecule has 5 heteroatoms. The quantitative estimate of drug-likeness (QED) is 0.706. The molecule has 27 heavy (non-hydrogen) atoms. The molecule has 1 atom stereocenters. The third kappa shape index (κ3) is 6.83. The lowest BCUT2D eigenvalue weighted by Gasteiger charge is -2.35. The van der Waals surface area contributed by atoms with Crippen LogP contribution in [0, 0.1) is 0 Å². The topological polar surface area (TPSA) is 43.9 Å². The van der Waals surface area contributed by atoms with Crippen LogP contribution in [-0.2, 0) is 9.59 Å². The van der Waals surface area contributed by atoms with Crippen molar-refractivity contribution in [2.75, 3.05) is 39.3 Å². The van der Waals surface area contributed by atoms with Gasteiger partial charge < -0.3 is 9.80 Å². The molecule has 0 radical (unpaired) electrons. The molecule has 2 rings (SSSR count). The van der Waals surface area contributed by atoms with Gasteiger partial charge >= 0.3 is 0 Å². The fourth-order valence-corrected chi connectivity index (χ4v) is 3.36. The second-order valence-corrected chi connectivity index (χ2v) is 7.21. The Labute approximate surface area is 163 Å². The zero-order valence-corrected chi connectivity index (χ0v) is 16.9. The van der Waals surface area contributed by atoms with Crippen molar-refractivity contribution >= 4 is 17.9 Å². The summed E-state index contributed by atoms with van der Waals surface area (Å²) < 4.78 is 0. The SMILES string of the molecule is CCC(C)N(CCC(=O)N1CCN(C/C=C/c2ccccc2)CC1)C(C)=O. The average Bonchev–Trinajstić information content (AvgIpc) is 2.68. The molecule has 148 valence electrons. The molecule has 1 aromatic rings. The van der Waals surface area contributed by atoms with Crippen molar-refractivity contribution in [3.63, 3.8) is 0 Å². The predicted octanol–water partition coefficient (Wildman–Crippen LogP) is 2.88. The normalized spacial score (nSPS) is 16.5. The number of carbonyl (C=O) groups excluding carboxylic acids is 2. The van der Waals surface area contributed by atoms with E-state index >= 15 is 0 Å². The van der Waals surface area contributed by atoms with E-state index in [0.29, 0.717) is 13.0 Å². The van der Waals surface area contributed by atoms with Crippen molar-refractivity contribution in [2.24, 2.45) is 0 Å². The first-order valence-electron chi connectivity index (χ1n) is 10.00. The van der Waals surface area contributed by atoms with Crippen molar-refractivity contribution in [2.45, 2.75) is 39.7 Å². The summed E-state index contributed by atoms with van der Waals surface area (Å²) in [5.41, 5.74) is 1.21. The number of rotatable bonds is 8. The Morgan fingerprint density at radius 2 is 1.81 bits per heavy atom. The second kappa shape index (κ2) is 10.9. The maximum absolute atomic E-state index is 12.5. The van der Waals surface area contributed by atoms with Crippen LogP contribution >= 0.6 is 0 Å². The van der Waals surface area contributed by atoms with Crippen molar-refractivity contribution in [1.29, 1.82) is 0 Å². The summed E-state index contributed by atoms with van der Waals surface area (Å²) in [6.07, 6.45) is 5.65. The molecule has 0 spiro atoms. The zero-order valence-electron chi connectivity index (χ0n) is 16.9. The molecule has 1 heterocycles. The van der Waals surface area contributed by atoms with E-state index in [1.165, 1.54) is 5.56 Å². The van der Waals surface area contributed by atoms with Gasteiger partial charge in [0.15, 0.2) is 0 Å². The first kappa shape index (κ1) is 21.2. The summed E-state index contributed by atoms with van der Waals surface area (Å²) in [5, 5.41) is 0. The van der Waals surface area contributed by atoms with E-state index in [9.17, 15) is 9.59 Å². The molecular weight excluding hydrogens is 338 g/mol. The summed E-state index contributed by atoms with van der Waals surface area (Å²) in [4.78, 5) is 30.4. The smallest absolute Gasteiger partial charge is 0.224 e. The van der Waals surface area contributed by atoms with Crippen LogP contribution in [0.15, 0.2) is 36.4 Å². The number of nitrogens with zero attached hydrogens (tertiary/aromatic N) is 3. The van der Waals surface area contributed by atoms with Crippen LogP contribution in [0.4, 0.5) is 0 Å². The molecule has 0 saturated carbocycles. The fourth-order valence-electron chi connectivity index (χ4n) is 3.36. The highest BCUT2D eigenvalue weighted by Crippen LogP contribution is 2.09. The van der Waals surface area contributed by atoms with Gasteiger partial charge in [-0.1, -0.05) is 49.4 Å². The number of piperazine rings is 1. The van der Waals surface area contributed by atoms with E-state index in [2.05, 4.69) is 36.1 Å². The highest BCUT2D eigenvalue weighted by atomic mass is 16.2.